The van der Waals surface area contributed by atoms with Gasteiger partial charge in [-0.2, -0.15) is 0 Å². The fraction of sp³-hybridized carbons (Fsp3) is 0.474. The molecule has 134 valence electrons. The predicted molar refractivity (Wildman–Crippen MR) is 103 cm³/mol. The first-order valence-electron chi connectivity index (χ1n) is 8.73. The first-order valence-corrected chi connectivity index (χ1v) is 9.10. The van der Waals surface area contributed by atoms with Crippen molar-refractivity contribution in [3.63, 3.8) is 0 Å². The Kier molecular flexibility index (Phi) is 5.76. The fourth-order valence-corrected chi connectivity index (χ4v) is 3.41. The van der Waals surface area contributed by atoms with Gasteiger partial charge in [-0.1, -0.05) is 23.7 Å². The highest BCUT2D eigenvalue weighted by Crippen LogP contribution is 2.24. The van der Waals surface area contributed by atoms with Crippen molar-refractivity contribution in [3.05, 3.63) is 46.7 Å². The minimum atomic E-state index is 0.299. The molecule has 0 bridgehead atoms. The molecule has 3 rings (SSSR count). The quantitative estimate of drug-likeness (QED) is 0.785. The maximum Gasteiger partial charge on any atom is 0.134 e. The lowest BCUT2D eigenvalue weighted by Crippen LogP contribution is -2.25. The van der Waals surface area contributed by atoms with Crippen LogP contribution in [-0.4, -0.2) is 42.8 Å². The molecule has 0 aliphatic carbocycles. The molecule has 0 N–H and O–H groups in total. The molecule has 6 heteroatoms. The Morgan fingerprint density at radius 3 is 2.92 bits per heavy atom. The van der Waals surface area contributed by atoms with Gasteiger partial charge in [-0.25, -0.2) is 9.97 Å². The zero-order valence-corrected chi connectivity index (χ0v) is 15.8. The molecule has 0 unspecified atom stereocenters. The number of benzene rings is 1. The van der Waals surface area contributed by atoms with Crippen molar-refractivity contribution < 1.29 is 4.74 Å². The summed E-state index contributed by atoms with van der Waals surface area (Å²) in [6.07, 6.45) is 1.35. The molecule has 2 heterocycles. The lowest BCUT2D eigenvalue weighted by molar-refractivity contribution is 0.0787. The van der Waals surface area contributed by atoms with Crippen LogP contribution in [0.1, 0.15) is 24.7 Å². The minimum absolute atomic E-state index is 0.299. The average Bonchev–Trinajstić information content (AvgIpc) is 3.03. The van der Waals surface area contributed by atoms with Crippen molar-refractivity contribution in [1.82, 2.24) is 9.97 Å². The highest BCUT2D eigenvalue weighted by atomic mass is 35.5. The van der Waals surface area contributed by atoms with E-state index >= 15 is 0 Å². The van der Waals surface area contributed by atoms with E-state index < -0.39 is 0 Å². The summed E-state index contributed by atoms with van der Waals surface area (Å²) in [6.45, 7) is 7.35. The van der Waals surface area contributed by atoms with Crippen LogP contribution in [0.3, 0.4) is 0 Å². The lowest BCUT2D eigenvalue weighted by atomic mass is 10.2. The number of hydrogen-bond acceptors (Lipinski definition) is 5. The molecule has 2 aromatic rings. The van der Waals surface area contributed by atoms with Crippen molar-refractivity contribution in [3.8, 4) is 0 Å². The van der Waals surface area contributed by atoms with Gasteiger partial charge in [-0.05, 0) is 38.0 Å². The van der Waals surface area contributed by atoms with Crippen LogP contribution in [0.15, 0.2) is 30.3 Å². The summed E-state index contributed by atoms with van der Waals surface area (Å²) in [5.74, 6) is 2.68. The van der Waals surface area contributed by atoms with Gasteiger partial charge in [0.05, 0.1) is 6.10 Å². The van der Waals surface area contributed by atoms with Crippen LogP contribution >= 0.6 is 11.6 Å². The third kappa shape index (κ3) is 4.61. The molecular formula is C19H25ClN4O. The average molecular weight is 361 g/mol. The van der Waals surface area contributed by atoms with Gasteiger partial charge in [0.1, 0.15) is 17.5 Å². The van der Waals surface area contributed by atoms with E-state index in [1.165, 1.54) is 0 Å². The molecular weight excluding hydrogens is 336 g/mol. The summed E-state index contributed by atoms with van der Waals surface area (Å²) in [5, 5.41) is 0.754. The van der Waals surface area contributed by atoms with Crippen LogP contribution in [0, 0.1) is 6.92 Å². The Morgan fingerprint density at radius 1 is 1.32 bits per heavy atom. The van der Waals surface area contributed by atoms with E-state index in [1.54, 1.807) is 0 Å². The van der Waals surface area contributed by atoms with E-state index in [1.807, 2.05) is 39.1 Å². The number of hydrogen-bond donors (Lipinski definition) is 0. The Bertz CT molecular complexity index is 724. The second kappa shape index (κ2) is 8.02. The Hall–Kier alpha value is -1.85. The molecule has 0 saturated carbocycles. The topological polar surface area (TPSA) is 41.5 Å². The van der Waals surface area contributed by atoms with E-state index in [9.17, 15) is 0 Å². The van der Waals surface area contributed by atoms with E-state index in [4.69, 9.17) is 16.3 Å². The number of anilines is 2. The van der Waals surface area contributed by atoms with Gasteiger partial charge in [0, 0.05) is 44.4 Å². The molecule has 1 aromatic carbocycles. The van der Waals surface area contributed by atoms with Gasteiger partial charge < -0.3 is 14.5 Å². The summed E-state index contributed by atoms with van der Waals surface area (Å²) in [4.78, 5) is 13.6. The van der Waals surface area contributed by atoms with Crippen molar-refractivity contribution in [1.29, 1.82) is 0 Å². The predicted octanol–water partition coefficient (Wildman–Crippen LogP) is 3.69. The molecule has 0 amide bonds. The summed E-state index contributed by atoms with van der Waals surface area (Å²) in [5.41, 5.74) is 1.16. The smallest absolute Gasteiger partial charge is 0.134 e. The molecule has 1 aliphatic heterocycles. The van der Waals surface area contributed by atoms with Crippen LogP contribution in [-0.2, 0) is 11.3 Å². The standard InChI is InChI=1S/C19H25ClN4O/c1-4-25-17-8-9-24(13-17)19-11-18(21-14(2)22-19)23(3)12-15-6-5-7-16(20)10-15/h5-7,10-11,17H,4,8-9,12-13H2,1-3H3/t17-/m1/s1. The second-order valence-electron chi connectivity index (χ2n) is 6.43. The fourth-order valence-electron chi connectivity index (χ4n) is 3.19. The number of rotatable bonds is 6. The number of aryl methyl sites for hydroxylation is 1. The highest BCUT2D eigenvalue weighted by molar-refractivity contribution is 6.30. The van der Waals surface area contributed by atoms with Gasteiger partial charge in [0.2, 0.25) is 0 Å². The Labute approximate surface area is 154 Å². The molecule has 0 spiro atoms. The zero-order valence-electron chi connectivity index (χ0n) is 15.1. The van der Waals surface area contributed by atoms with E-state index in [0.717, 1.165) is 60.7 Å². The largest absolute Gasteiger partial charge is 0.377 e. The van der Waals surface area contributed by atoms with Crippen molar-refractivity contribution in [2.45, 2.75) is 32.9 Å². The number of ether oxygens (including phenoxy) is 1. The second-order valence-corrected chi connectivity index (χ2v) is 6.87. The SMILES string of the molecule is CCO[C@@H]1CCN(c2cc(N(C)Cc3cccc(Cl)c3)nc(C)n2)C1. The summed E-state index contributed by atoms with van der Waals surface area (Å²) >= 11 is 6.09. The van der Waals surface area contributed by atoms with Crippen molar-refractivity contribution >= 4 is 23.2 Å². The van der Waals surface area contributed by atoms with Gasteiger partial charge in [0.25, 0.3) is 0 Å². The Morgan fingerprint density at radius 2 is 2.16 bits per heavy atom. The molecule has 25 heavy (non-hydrogen) atoms. The third-order valence-electron chi connectivity index (χ3n) is 4.38. The summed E-state index contributed by atoms with van der Waals surface area (Å²) < 4.78 is 5.74. The van der Waals surface area contributed by atoms with Crippen molar-refractivity contribution in [2.75, 3.05) is 36.5 Å². The van der Waals surface area contributed by atoms with Crippen LogP contribution in [0.5, 0.6) is 0 Å². The monoisotopic (exact) mass is 360 g/mol. The van der Waals surface area contributed by atoms with E-state index in [0.29, 0.717) is 6.10 Å². The van der Waals surface area contributed by atoms with Crippen LogP contribution in [0.2, 0.25) is 5.02 Å². The van der Waals surface area contributed by atoms with Crippen LogP contribution < -0.4 is 9.80 Å². The zero-order chi connectivity index (χ0) is 17.8. The van der Waals surface area contributed by atoms with Crippen LogP contribution in [0.25, 0.3) is 0 Å². The number of halogens is 1. The first-order chi connectivity index (χ1) is 12.0. The van der Waals surface area contributed by atoms with E-state index in [-0.39, 0.29) is 0 Å². The highest BCUT2D eigenvalue weighted by Gasteiger charge is 2.24. The van der Waals surface area contributed by atoms with Crippen LogP contribution in [0.4, 0.5) is 11.6 Å². The molecule has 1 saturated heterocycles. The Balaban J connectivity index is 1.75. The summed E-state index contributed by atoms with van der Waals surface area (Å²) in [7, 11) is 2.04. The molecule has 5 nitrogen and oxygen atoms in total. The van der Waals surface area contributed by atoms with Gasteiger partial charge in [-0.15, -0.1) is 0 Å². The number of aromatic nitrogens is 2. The molecule has 0 radical (unpaired) electrons. The first kappa shape index (κ1) is 18.0. The lowest BCUT2D eigenvalue weighted by Gasteiger charge is -2.22. The van der Waals surface area contributed by atoms with Gasteiger partial charge in [0.15, 0.2) is 0 Å². The normalized spacial score (nSPS) is 17.1. The summed E-state index contributed by atoms with van der Waals surface area (Å²) in [6, 6.07) is 9.98. The molecule has 1 fully saturated rings. The molecule has 1 aliphatic rings. The van der Waals surface area contributed by atoms with E-state index in [2.05, 4.69) is 31.9 Å². The molecule has 1 aromatic heterocycles. The maximum absolute atomic E-state index is 6.09. The molecule has 1 atom stereocenters. The number of nitrogens with zero attached hydrogens (tertiary/aromatic N) is 4. The third-order valence-corrected chi connectivity index (χ3v) is 4.62. The van der Waals surface area contributed by atoms with Crippen molar-refractivity contribution in [2.24, 2.45) is 0 Å². The van der Waals surface area contributed by atoms with Gasteiger partial charge >= 0.3 is 0 Å². The minimum Gasteiger partial charge on any atom is -0.377 e. The maximum atomic E-state index is 6.09. The van der Waals surface area contributed by atoms with Gasteiger partial charge in [-0.3, -0.25) is 0 Å².